The summed E-state index contributed by atoms with van der Waals surface area (Å²) in [4.78, 5) is 48.7. The number of ether oxygens (including phenoxy) is 1. The van der Waals surface area contributed by atoms with E-state index in [1.807, 2.05) is 0 Å². The fraction of sp³-hybridized carbons (Fsp3) is 0.459. The van der Waals surface area contributed by atoms with Crippen LogP contribution in [-0.2, 0) is 54.9 Å². The van der Waals surface area contributed by atoms with Crippen LogP contribution in [0.5, 0.6) is 5.75 Å². The Balaban J connectivity index is 0.000000208. The summed E-state index contributed by atoms with van der Waals surface area (Å²) in [6.45, 7) is 0.698. The number of hydrogen-bond donors (Lipinski definition) is 5. The molecule has 0 saturated carbocycles. The van der Waals surface area contributed by atoms with Crippen LogP contribution in [0.4, 0.5) is 11.5 Å². The zero-order chi connectivity index (χ0) is 41.8. The van der Waals surface area contributed by atoms with E-state index >= 15 is 0 Å². The van der Waals surface area contributed by atoms with Crippen molar-refractivity contribution < 1.29 is 31.2 Å². The van der Waals surface area contributed by atoms with Gasteiger partial charge >= 0.3 is 0 Å². The van der Waals surface area contributed by atoms with Crippen molar-refractivity contribution in [3.63, 3.8) is 0 Å². The molecule has 1 aromatic carbocycles. The molecule has 0 radical (unpaired) electrons. The Morgan fingerprint density at radius 2 is 1.26 bits per heavy atom. The standard InChI is InChI=1S/C22H25Cl2N5O4S.C15H19ClN4O3S/c1-33-18-10-15(24)14(23)9-17(18)29-21-19-13-8-12(22(30)25-6-3-7-34(2,31)32)4-5-16(13)28-20(19)26-11-27-21;1-24(22,23)6-2-5-17-15(21)9-3-4-11-10(7-9)12-13(16)18-8-19-14(12)20-11/h9-12H,3-8H2,1-2H3,(H,25,30)(H2,26,27,28,29);8-9H,2-7H2,1H3,(H,17,21)(H,18,19,20). The first-order chi connectivity index (χ1) is 27.5. The number of rotatable bonds is 13. The molecule has 21 heteroatoms. The lowest BCUT2D eigenvalue weighted by Gasteiger charge is -2.22. The van der Waals surface area contributed by atoms with Gasteiger partial charge in [0.05, 0.1) is 45.1 Å². The van der Waals surface area contributed by atoms with Crippen LogP contribution < -0.4 is 20.7 Å². The number of amides is 2. The van der Waals surface area contributed by atoms with Crippen LogP contribution in [0, 0.1) is 11.8 Å². The van der Waals surface area contributed by atoms with Gasteiger partial charge in [0, 0.05) is 54.9 Å². The van der Waals surface area contributed by atoms with E-state index in [0.717, 1.165) is 46.1 Å². The summed E-state index contributed by atoms with van der Waals surface area (Å²) in [5.74, 6) is 0.711. The van der Waals surface area contributed by atoms with Gasteiger partial charge in [0.2, 0.25) is 11.8 Å². The van der Waals surface area contributed by atoms with Crippen molar-refractivity contribution in [2.75, 3.05) is 49.5 Å². The number of benzene rings is 1. The van der Waals surface area contributed by atoms with E-state index in [9.17, 15) is 26.4 Å². The molecule has 2 aliphatic rings. The Morgan fingerprint density at radius 1 is 0.759 bits per heavy atom. The highest BCUT2D eigenvalue weighted by Crippen LogP contribution is 2.39. The second-order valence-electron chi connectivity index (χ2n) is 14.5. The smallest absolute Gasteiger partial charge is 0.223 e. The summed E-state index contributed by atoms with van der Waals surface area (Å²) in [7, 11) is -4.50. The SMILES string of the molecule is COc1cc(Cl)c(Cl)cc1Nc1ncnc2[nH]c3c(c12)CC(C(=O)NCCCS(C)(=O)=O)CC3.CS(=O)(=O)CCCNC(=O)C1CCc2[nH]c3ncnc(Cl)c3c2C1. The first-order valence-electron chi connectivity index (χ1n) is 18.6. The zero-order valence-electron chi connectivity index (χ0n) is 32.0. The monoisotopic (exact) mass is 895 g/mol. The first kappa shape index (κ1) is 43.4. The molecular weight excluding hydrogens is 853 g/mol. The first-order valence-corrected chi connectivity index (χ1v) is 23.8. The molecule has 4 aromatic heterocycles. The maximum absolute atomic E-state index is 12.8. The van der Waals surface area contributed by atoms with Crippen LogP contribution in [0.25, 0.3) is 22.1 Å². The number of aryl methyl sites for hydroxylation is 2. The number of hydrogen-bond acceptors (Lipinski definition) is 12. The van der Waals surface area contributed by atoms with Crippen molar-refractivity contribution in [3.8, 4) is 5.75 Å². The van der Waals surface area contributed by atoms with Gasteiger partial charge in [0.25, 0.3) is 0 Å². The van der Waals surface area contributed by atoms with Crippen molar-refractivity contribution in [2.45, 2.75) is 51.4 Å². The van der Waals surface area contributed by atoms with Crippen molar-refractivity contribution >= 4 is 99.9 Å². The summed E-state index contributed by atoms with van der Waals surface area (Å²) < 4.78 is 50.2. The highest BCUT2D eigenvalue weighted by atomic mass is 35.5. The zero-order valence-corrected chi connectivity index (χ0v) is 35.9. The molecule has 0 spiro atoms. The fourth-order valence-corrected chi connectivity index (χ4v) is 9.19. The molecule has 0 bridgehead atoms. The number of H-pyrrole nitrogens is 2. The lowest BCUT2D eigenvalue weighted by molar-refractivity contribution is -0.126. The van der Waals surface area contributed by atoms with E-state index in [-0.39, 0.29) is 35.2 Å². The molecule has 2 unspecified atom stereocenters. The van der Waals surface area contributed by atoms with Gasteiger partial charge in [-0.2, -0.15) is 0 Å². The Morgan fingerprint density at radius 3 is 1.79 bits per heavy atom. The van der Waals surface area contributed by atoms with Gasteiger partial charge in [-0.25, -0.2) is 36.8 Å². The quantitative estimate of drug-likeness (QED) is 0.0782. The average Bonchev–Trinajstić information content (AvgIpc) is 3.74. The van der Waals surface area contributed by atoms with Crippen LogP contribution in [0.3, 0.4) is 0 Å². The normalized spacial score (nSPS) is 16.5. The summed E-state index contributed by atoms with van der Waals surface area (Å²) in [5.41, 5.74) is 6.07. The summed E-state index contributed by atoms with van der Waals surface area (Å²) in [6.07, 6.45) is 10.1. The predicted molar refractivity (Wildman–Crippen MR) is 225 cm³/mol. The molecule has 5 N–H and O–H groups in total. The molecule has 58 heavy (non-hydrogen) atoms. The minimum absolute atomic E-state index is 0.0449. The highest BCUT2D eigenvalue weighted by Gasteiger charge is 2.30. The molecule has 2 aliphatic carbocycles. The number of methoxy groups -OCH3 is 1. The van der Waals surface area contributed by atoms with Gasteiger partial charge in [-0.1, -0.05) is 34.8 Å². The number of nitrogens with zero attached hydrogens (tertiary/aromatic N) is 4. The topological polar surface area (TPSA) is 231 Å². The molecule has 0 aliphatic heterocycles. The molecule has 7 rings (SSSR count). The van der Waals surface area contributed by atoms with Gasteiger partial charge in [0.1, 0.15) is 60.3 Å². The second kappa shape index (κ2) is 18.4. The number of sulfone groups is 2. The maximum Gasteiger partial charge on any atom is 0.223 e. The molecular formula is C37H44Cl3N9O7S2. The van der Waals surface area contributed by atoms with E-state index in [4.69, 9.17) is 39.5 Å². The van der Waals surface area contributed by atoms with Crippen LogP contribution in [0.15, 0.2) is 24.8 Å². The van der Waals surface area contributed by atoms with Gasteiger partial charge in [-0.15, -0.1) is 0 Å². The minimum atomic E-state index is -3.05. The van der Waals surface area contributed by atoms with E-state index in [0.29, 0.717) is 95.4 Å². The van der Waals surface area contributed by atoms with E-state index < -0.39 is 19.7 Å². The number of aromatic nitrogens is 6. The molecule has 2 atom stereocenters. The number of carbonyl (C=O) groups excluding carboxylic acids is 2. The number of anilines is 2. The maximum atomic E-state index is 12.8. The van der Waals surface area contributed by atoms with Crippen molar-refractivity contribution in [1.82, 2.24) is 40.5 Å². The summed E-state index contributed by atoms with van der Waals surface area (Å²) >= 11 is 18.5. The van der Waals surface area contributed by atoms with Crippen LogP contribution >= 0.6 is 34.8 Å². The van der Waals surface area contributed by atoms with Gasteiger partial charge < -0.3 is 30.7 Å². The molecule has 16 nitrogen and oxygen atoms in total. The largest absolute Gasteiger partial charge is 0.495 e. The van der Waals surface area contributed by atoms with Gasteiger partial charge in [0.15, 0.2) is 0 Å². The molecule has 0 fully saturated rings. The van der Waals surface area contributed by atoms with Crippen molar-refractivity contribution in [1.29, 1.82) is 0 Å². The minimum Gasteiger partial charge on any atom is -0.495 e. The number of carbonyl (C=O) groups is 2. The van der Waals surface area contributed by atoms with Gasteiger partial charge in [-0.05, 0) is 68.6 Å². The average molecular weight is 897 g/mol. The Kier molecular flexibility index (Phi) is 13.7. The Bertz CT molecular complexity index is 2570. The van der Waals surface area contributed by atoms with E-state index in [1.165, 1.54) is 32.3 Å². The lowest BCUT2D eigenvalue weighted by Crippen LogP contribution is -2.35. The molecule has 5 aromatic rings. The van der Waals surface area contributed by atoms with Crippen molar-refractivity contribution in [2.24, 2.45) is 11.8 Å². The number of aromatic amines is 2. The summed E-state index contributed by atoms with van der Waals surface area (Å²) in [6, 6.07) is 3.30. The molecule has 2 amide bonds. The Hall–Kier alpha value is -4.23. The summed E-state index contributed by atoms with van der Waals surface area (Å²) in [5, 5.41) is 11.7. The third kappa shape index (κ3) is 10.7. The van der Waals surface area contributed by atoms with Crippen LogP contribution in [0.1, 0.15) is 48.2 Å². The Labute approximate surface area is 350 Å². The van der Waals surface area contributed by atoms with E-state index in [2.05, 4.69) is 45.9 Å². The van der Waals surface area contributed by atoms with Crippen LogP contribution in [-0.4, -0.2) is 103 Å². The van der Waals surface area contributed by atoms with E-state index in [1.54, 1.807) is 12.1 Å². The van der Waals surface area contributed by atoms with Gasteiger partial charge in [-0.3, -0.25) is 9.59 Å². The molecule has 0 saturated heterocycles. The lowest BCUT2D eigenvalue weighted by atomic mass is 9.86. The number of halogens is 3. The van der Waals surface area contributed by atoms with Crippen LogP contribution in [0.2, 0.25) is 15.2 Å². The van der Waals surface area contributed by atoms with Crippen molar-refractivity contribution in [3.05, 3.63) is 62.5 Å². The number of nitrogens with one attached hydrogen (secondary N) is 5. The molecule has 4 heterocycles. The second-order valence-corrected chi connectivity index (χ2v) is 20.2. The third-order valence-corrected chi connectivity index (χ3v) is 13.2. The third-order valence-electron chi connectivity index (χ3n) is 10.1. The predicted octanol–water partition coefficient (Wildman–Crippen LogP) is 4.94. The molecule has 312 valence electrons. The number of fused-ring (bicyclic) bond motifs is 6. The highest BCUT2D eigenvalue weighted by molar-refractivity contribution is 7.90. The fourth-order valence-electron chi connectivity index (χ4n) is 7.29.